The average Bonchev–Trinajstić information content (AvgIpc) is 2.66. The molecule has 0 unspecified atom stereocenters. The van der Waals surface area contributed by atoms with E-state index in [0.29, 0.717) is 31.0 Å². The second-order valence-electron chi connectivity index (χ2n) is 6.46. The normalized spacial score (nSPS) is 10.8. The van der Waals surface area contributed by atoms with Gasteiger partial charge in [-0.05, 0) is 48.2 Å². The summed E-state index contributed by atoms with van der Waals surface area (Å²) < 4.78 is 13.2. The molecule has 7 heteroatoms. The molecule has 0 aromatic heterocycles. The van der Waals surface area contributed by atoms with E-state index in [0.717, 1.165) is 17.5 Å². The summed E-state index contributed by atoms with van der Waals surface area (Å²) >= 11 is 0. The van der Waals surface area contributed by atoms with Gasteiger partial charge in [0.1, 0.15) is 5.82 Å². The van der Waals surface area contributed by atoms with E-state index in [-0.39, 0.29) is 35.7 Å². The molecule has 1 amide bonds. The van der Waals surface area contributed by atoms with E-state index in [4.69, 9.17) is 0 Å². The van der Waals surface area contributed by atoms with Crippen LogP contribution in [0.25, 0.3) is 0 Å². The zero-order valence-electron chi connectivity index (χ0n) is 16.5. The molecule has 28 heavy (non-hydrogen) atoms. The zero-order chi connectivity index (χ0) is 19.6. The topological polar surface area (TPSA) is 56.7 Å². The largest absolute Gasteiger partial charge is 0.356 e. The molecule has 0 heterocycles. The maximum atomic E-state index is 13.2. The van der Waals surface area contributed by atoms with Gasteiger partial charge in [-0.25, -0.2) is 4.39 Å². The zero-order valence-corrected chi connectivity index (χ0v) is 18.9. The lowest BCUT2D eigenvalue weighted by Crippen LogP contribution is -2.39. The Labute approximate surface area is 183 Å². The summed E-state index contributed by atoms with van der Waals surface area (Å²) in [6.45, 7) is 1.36. The van der Waals surface area contributed by atoms with Crippen molar-refractivity contribution in [2.24, 2.45) is 4.99 Å². The van der Waals surface area contributed by atoms with E-state index in [2.05, 4.69) is 15.6 Å². The summed E-state index contributed by atoms with van der Waals surface area (Å²) in [5, 5.41) is 6.48. The van der Waals surface area contributed by atoms with Crippen molar-refractivity contribution in [1.29, 1.82) is 0 Å². The highest BCUT2D eigenvalue weighted by molar-refractivity contribution is 14.0. The molecule has 0 spiro atoms. The standard InChI is InChI=1S/C21H27FN4O.HI/c1-23-21(25-13-11-17-7-5-9-19(22)15-17)24-12-10-16-6-4-8-18(14-16)20(27)26(2)3;/h4-9,14-15H,10-13H2,1-3H3,(H2,23,24,25);1H. The fraction of sp³-hybridized carbons (Fsp3) is 0.333. The first-order valence-electron chi connectivity index (χ1n) is 8.99. The van der Waals surface area contributed by atoms with Crippen LogP contribution < -0.4 is 10.6 Å². The van der Waals surface area contributed by atoms with Crippen LogP contribution in [0, 0.1) is 5.82 Å². The molecule has 0 saturated heterocycles. The molecular weight excluding hydrogens is 470 g/mol. The lowest BCUT2D eigenvalue weighted by atomic mass is 10.1. The molecule has 0 fully saturated rings. The van der Waals surface area contributed by atoms with Gasteiger partial charge in [-0.1, -0.05) is 24.3 Å². The molecule has 0 bridgehead atoms. The highest BCUT2D eigenvalue weighted by Crippen LogP contribution is 2.08. The molecule has 5 nitrogen and oxygen atoms in total. The van der Waals surface area contributed by atoms with Crippen molar-refractivity contribution in [3.05, 3.63) is 71.0 Å². The summed E-state index contributed by atoms with van der Waals surface area (Å²) in [6, 6.07) is 14.3. The number of rotatable bonds is 7. The first kappa shape index (κ1) is 23.9. The fourth-order valence-electron chi connectivity index (χ4n) is 2.68. The van der Waals surface area contributed by atoms with E-state index >= 15 is 0 Å². The van der Waals surface area contributed by atoms with Crippen LogP contribution in [0.4, 0.5) is 4.39 Å². The van der Waals surface area contributed by atoms with Gasteiger partial charge in [-0.3, -0.25) is 9.79 Å². The number of guanidine groups is 1. The molecule has 0 aliphatic carbocycles. The molecule has 2 rings (SSSR count). The van der Waals surface area contributed by atoms with Crippen LogP contribution in [0.15, 0.2) is 53.5 Å². The number of carbonyl (C=O) groups is 1. The molecule has 2 N–H and O–H groups in total. The number of hydrogen-bond donors (Lipinski definition) is 2. The molecule has 0 radical (unpaired) electrons. The van der Waals surface area contributed by atoms with Gasteiger partial charge in [0, 0.05) is 39.8 Å². The van der Waals surface area contributed by atoms with Gasteiger partial charge < -0.3 is 15.5 Å². The minimum Gasteiger partial charge on any atom is -0.356 e. The number of benzene rings is 2. The second-order valence-corrected chi connectivity index (χ2v) is 6.46. The van der Waals surface area contributed by atoms with Gasteiger partial charge in [0.05, 0.1) is 0 Å². The van der Waals surface area contributed by atoms with E-state index < -0.39 is 0 Å². The predicted molar refractivity (Wildman–Crippen MR) is 123 cm³/mol. The number of hydrogen-bond acceptors (Lipinski definition) is 2. The van der Waals surface area contributed by atoms with E-state index in [9.17, 15) is 9.18 Å². The van der Waals surface area contributed by atoms with Crippen molar-refractivity contribution in [3.63, 3.8) is 0 Å². The second kappa shape index (κ2) is 12.3. The Balaban J connectivity index is 0.00000392. The lowest BCUT2D eigenvalue weighted by molar-refractivity contribution is 0.0827. The fourth-order valence-corrected chi connectivity index (χ4v) is 2.68. The molecule has 2 aromatic rings. The minimum atomic E-state index is -0.218. The smallest absolute Gasteiger partial charge is 0.253 e. The summed E-state index contributed by atoms with van der Waals surface area (Å²) in [6.07, 6.45) is 1.49. The van der Waals surface area contributed by atoms with Crippen LogP contribution in [-0.4, -0.2) is 51.0 Å². The molecular formula is C21H28FIN4O. The summed E-state index contributed by atoms with van der Waals surface area (Å²) in [7, 11) is 5.21. The Morgan fingerprint density at radius 2 is 1.57 bits per heavy atom. The highest BCUT2D eigenvalue weighted by Gasteiger charge is 2.08. The predicted octanol–water partition coefficient (Wildman–Crippen LogP) is 3.10. The van der Waals surface area contributed by atoms with E-state index in [1.807, 2.05) is 30.3 Å². The molecule has 152 valence electrons. The quantitative estimate of drug-likeness (QED) is 0.351. The van der Waals surface area contributed by atoms with Crippen LogP contribution in [-0.2, 0) is 12.8 Å². The van der Waals surface area contributed by atoms with Gasteiger partial charge >= 0.3 is 0 Å². The summed E-state index contributed by atoms with van der Waals surface area (Å²) in [5.41, 5.74) is 2.72. The van der Waals surface area contributed by atoms with Crippen LogP contribution >= 0.6 is 24.0 Å². The van der Waals surface area contributed by atoms with Gasteiger partial charge in [-0.15, -0.1) is 24.0 Å². The van der Waals surface area contributed by atoms with Crippen molar-refractivity contribution in [2.75, 3.05) is 34.2 Å². The van der Waals surface area contributed by atoms with Crippen LogP contribution in [0.5, 0.6) is 0 Å². The van der Waals surface area contributed by atoms with Gasteiger partial charge in [0.25, 0.3) is 5.91 Å². The monoisotopic (exact) mass is 498 g/mol. The molecule has 0 aliphatic heterocycles. The number of aliphatic imine (C=N–C) groups is 1. The highest BCUT2D eigenvalue weighted by atomic mass is 127. The maximum Gasteiger partial charge on any atom is 0.253 e. The SMILES string of the molecule is CN=C(NCCc1cccc(F)c1)NCCc1cccc(C(=O)N(C)C)c1.I. The average molecular weight is 498 g/mol. The van der Waals surface area contributed by atoms with Crippen LogP contribution in [0.2, 0.25) is 0 Å². The Hall–Kier alpha value is -2.16. The molecule has 2 aromatic carbocycles. The van der Waals surface area contributed by atoms with Crippen LogP contribution in [0.1, 0.15) is 21.5 Å². The lowest BCUT2D eigenvalue weighted by Gasteiger charge is -2.13. The third-order valence-corrected chi connectivity index (χ3v) is 4.10. The van der Waals surface area contributed by atoms with E-state index in [1.165, 1.54) is 6.07 Å². The van der Waals surface area contributed by atoms with Gasteiger partial charge in [-0.2, -0.15) is 0 Å². The Morgan fingerprint density at radius 3 is 2.11 bits per heavy atom. The molecule has 0 atom stereocenters. The van der Waals surface area contributed by atoms with Crippen molar-refractivity contribution >= 4 is 35.8 Å². The van der Waals surface area contributed by atoms with Gasteiger partial charge in [0.15, 0.2) is 5.96 Å². The Bertz CT molecular complexity index is 795. The first-order chi connectivity index (χ1) is 13.0. The maximum absolute atomic E-state index is 13.2. The number of amides is 1. The Kier molecular flexibility index (Phi) is 10.5. The van der Waals surface area contributed by atoms with Crippen molar-refractivity contribution in [1.82, 2.24) is 15.5 Å². The number of halogens is 2. The number of nitrogens with one attached hydrogen (secondary N) is 2. The third-order valence-electron chi connectivity index (χ3n) is 4.10. The Morgan fingerprint density at radius 1 is 1.00 bits per heavy atom. The summed E-state index contributed by atoms with van der Waals surface area (Å²) in [5.74, 6) is 0.483. The third kappa shape index (κ3) is 7.84. The minimum absolute atomic E-state index is 0. The van der Waals surface area contributed by atoms with Crippen molar-refractivity contribution in [2.45, 2.75) is 12.8 Å². The van der Waals surface area contributed by atoms with Crippen LogP contribution in [0.3, 0.4) is 0 Å². The first-order valence-corrected chi connectivity index (χ1v) is 8.99. The number of nitrogens with zero attached hydrogens (tertiary/aromatic N) is 2. The summed E-state index contributed by atoms with van der Waals surface area (Å²) in [4.78, 5) is 17.8. The number of carbonyl (C=O) groups excluding carboxylic acids is 1. The van der Waals surface area contributed by atoms with Crippen molar-refractivity contribution < 1.29 is 9.18 Å². The van der Waals surface area contributed by atoms with Crippen molar-refractivity contribution in [3.8, 4) is 0 Å². The molecule has 0 saturated carbocycles. The molecule has 0 aliphatic rings. The van der Waals surface area contributed by atoms with E-state index in [1.54, 1.807) is 38.2 Å². The van der Waals surface area contributed by atoms with Gasteiger partial charge in [0.2, 0.25) is 0 Å².